The van der Waals surface area contributed by atoms with Crippen molar-refractivity contribution in [3.63, 3.8) is 0 Å². The highest BCUT2D eigenvalue weighted by Gasteiger charge is 2.28. The predicted molar refractivity (Wildman–Crippen MR) is 133 cm³/mol. The first-order valence-electron chi connectivity index (χ1n) is 12.1. The lowest BCUT2D eigenvalue weighted by Gasteiger charge is -2.20. The van der Waals surface area contributed by atoms with Crippen LogP contribution in [0.25, 0.3) is 0 Å². The molecule has 38 heavy (non-hydrogen) atoms. The van der Waals surface area contributed by atoms with Gasteiger partial charge in [0.15, 0.2) is 0 Å². The number of imidazole rings is 1. The number of phenolic OH excluding ortho intramolecular Hbond substituents is 1. The molecule has 1 aliphatic rings. The van der Waals surface area contributed by atoms with Gasteiger partial charge in [-0.2, -0.15) is 0 Å². The third-order valence-electron chi connectivity index (χ3n) is 5.87. The SMILES string of the molecule is O=C(CNC(=O)[C@H](Cc1cnc[nH]1)NC(=O)[C@@H]1CCCN1)NCC(=O)N[C@@H](Cc1ccc(O)cc1)C(=O)O. The number of hydrogen-bond acceptors (Lipinski definition) is 8. The number of nitrogens with zero attached hydrogens (tertiary/aromatic N) is 1. The number of nitrogens with one attached hydrogen (secondary N) is 6. The highest BCUT2D eigenvalue weighted by molar-refractivity contribution is 5.93. The molecule has 1 aromatic heterocycles. The summed E-state index contributed by atoms with van der Waals surface area (Å²) in [6.45, 7) is -0.248. The first-order chi connectivity index (χ1) is 18.2. The quantitative estimate of drug-likeness (QED) is 0.143. The van der Waals surface area contributed by atoms with Crippen molar-refractivity contribution in [2.45, 2.75) is 43.8 Å². The second kappa shape index (κ2) is 13.7. The minimum Gasteiger partial charge on any atom is -0.508 e. The molecule has 3 atom stereocenters. The number of aromatic nitrogens is 2. The molecule has 8 N–H and O–H groups in total. The summed E-state index contributed by atoms with van der Waals surface area (Å²) in [5.41, 5.74) is 1.20. The minimum atomic E-state index is -1.26. The van der Waals surface area contributed by atoms with Gasteiger partial charge in [-0.3, -0.25) is 19.2 Å². The molecule has 3 rings (SSSR count). The summed E-state index contributed by atoms with van der Waals surface area (Å²) in [5, 5.41) is 31.6. The lowest BCUT2D eigenvalue weighted by molar-refractivity contribution is -0.141. The number of amides is 4. The largest absolute Gasteiger partial charge is 0.508 e. The molecule has 2 aromatic rings. The van der Waals surface area contributed by atoms with Gasteiger partial charge in [0.1, 0.15) is 17.8 Å². The van der Waals surface area contributed by atoms with Gasteiger partial charge in [0.05, 0.1) is 25.5 Å². The smallest absolute Gasteiger partial charge is 0.326 e. The van der Waals surface area contributed by atoms with E-state index in [2.05, 4.69) is 36.6 Å². The number of aromatic hydroxyl groups is 1. The lowest BCUT2D eigenvalue weighted by Crippen LogP contribution is -2.54. The minimum absolute atomic E-state index is 0.0226. The Morgan fingerprint density at radius 3 is 2.34 bits per heavy atom. The van der Waals surface area contributed by atoms with Gasteiger partial charge in [-0.1, -0.05) is 12.1 Å². The third kappa shape index (κ3) is 8.89. The number of carboxylic acid groups (broad SMARTS) is 1. The summed E-state index contributed by atoms with van der Waals surface area (Å²) >= 11 is 0. The number of aromatic amines is 1. The first-order valence-corrected chi connectivity index (χ1v) is 12.1. The van der Waals surface area contributed by atoms with Gasteiger partial charge in [-0.25, -0.2) is 9.78 Å². The van der Waals surface area contributed by atoms with Gasteiger partial charge in [-0.15, -0.1) is 0 Å². The van der Waals surface area contributed by atoms with Gasteiger partial charge in [0.2, 0.25) is 23.6 Å². The number of carbonyl (C=O) groups excluding carboxylic acids is 4. The van der Waals surface area contributed by atoms with Crippen LogP contribution in [0.15, 0.2) is 36.8 Å². The summed E-state index contributed by atoms with van der Waals surface area (Å²) in [5.74, 6) is -3.55. The van der Waals surface area contributed by atoms with E-state index in [0.717, 1.165) is 6.42 Å². The molecular formula is C24H31N7O7. The molecule has 0 aliphatic carbocycles. The fourth-order valence-corrected chi connectivity index (χ4v) is 3.85. The van der Waals surface area contributed by atoms with Crippen LogP contribution in [-0.4, -0.2) is 87.5 Å². The van der Waals surface area contributed by atoms with E-state index in [0.29, 0.717) is 24.2 Å². The average Bonchev–Trinajstić information content (AvgIpc) is 3.61. The van der Waals surface area contributed by atoms with E-state index in [9.17, 15) is 34.2 Å². The Morgan fingerprint density at radius 1 is 0.974 bits per heavy atom. The fourth-order valence-electron chi connectivity index (χ4n) is 3.85. The summed E-state index contributed by atoms with van der Waals surface area (Å²) in [7, 11) is 0. The Labute approximate surface area is 218 Å². The molecule has 0 bridgehead atoms. The maximum atomic E-state index is 12.8. The van der Waals surface area contributed by atoms with Gasteiger partial charge in [0.25, 0.3) is 0 Å². The molecule has 0 saturated carbocycles. The second-order valence-corrected chi connectivity index (χ2v) is 8.81. The molecule has 0 radical (unpaired) electrons. The molecule has 0 unspecified atom stereocenters. The van der Waals surface area contributed by atoms with Crippen LogP contribution in [0.3, 0.4) is 0 Å². The zero-order chi connectivity index (χ0) is 27.5. The van der Waals surface area contributed by atoms with E-state index < -0.39 is 54.9 Å². The van der Waals surface area contributed by atoms with Crippen LogP contribution < -0.4 is 26.6 Å². The zero-order valence-corrected chi connectivity index (χ0v) is 20.5. The first kappa shape index (κ1) is 28.1. The van der Waals surface area contributed by atoms with E-state index in [1.165, 1.54) is 36.8 Å². The van der Waals surface area contributed by atoms with E-state index in [1.807, 2.05) is 0 Å². The van der Waals surface area contributed by atoms with Gasteiger partial charge < -0.3 is 41.8 Å². The molecule has 1 saturated heterocycles. The number of hydrogen-bond donors (Lipinski definition) is 8. The monoisotopic (exact) mass is 529 g/mol. The van der Waals surface area contributed by atoms with Crippen LogP contribution >= 0.6 is 0 Å². The highest BCUT2D eigenvalue weighted by Crippen LogP contribution is 2.11. The Morgan fingerprint density at radius 2 is 1.71 bits per heavy atom. The van der Waals surface area contributed by atoms with E-state index >= 15 is 0 Å². The van der Waals surface area contributed by atoms with Crippen LogP contribution in [0.1, 0.15) is 24.1 Å². The van der Waals surface area contributed by atoms with Crippen LogP contribution in [0.4, 0.5) is 0 Å². The Balaban J connectivity index is 1.45. The molecule has 14 heteroatoms. The van der Waals surface area contributed by atoms with Crippen molar-refractivity contribution in [3.8, 4) is 5.75 Å². The normalized spacial score (nSPS) is 16.2. The standard InChI is InChI=1S/C24H31N7O7/c32-16-5-3-14(4-6-16)8-19(24(37)38)30-21(34)12-27-20(33)11-28-22(35)18(9-15-10-25-13-29-15)31-23(36)17-2-1-7-26-17/h3-6,10,13,17-19,26,32H,1-2,7-9,11-12H2,(H,25,29)(H,27,33)(H,28,35)(H,30,34)(H,31,36)(H,37,38)/t17-,18-,19-/m0/s1. The number of carboxylic acids is 1. The summed E-state index contributed by atoms with van der Waals surface area (Å²) < 4.78 is 0. The van der Waals surface area contributed by atoms with Crippen LogP contribution in [-0.2, 0) is 36.8 Å². The van der Waals surface area contributed by atoms with Crippen molar-refractivity contribution in [1.29, 1.82) is 0 Å². The number of H-pyrrole nitrogens is 1. The molecule has 1 aromatic carbocycles. The van der Waals surface area contributed by atoms with Crippen molar-refractivity contribution < 1.29 is 34.2 Å². The van der Waals surface area contributed by atoms with Crippen molar-refractivity contribution in [3.05, 3.63) is 48.0 Å². The number of phenols is 1. The van der Waals surface area contributed by atoms with Crippen LogP contribution in [0, 0.1) is 0 Å². The molecule has 4 amide bonds. The number of aliphatic carboxylic acids is 1. The van der Waals surface area contributed by atoms with Crippen molar-refractivity contribution >= 4 is 29.6 Å². The number of carbonyl (C=O) groups is 5. The molecule has 2 heterocycles. The molecule has 1 fully saturated rings. The van der Waals surface area contributed by atoms with E-state index in [4.69, 9.17) is 0 Å². The number of benzene rings is 1. The average molecular weight is 530 g/mol. The van der Waals surface area contributed by atoms with E-state index in [-0.39, 0.29) is 24.5 Å². The fraction of sp³-hybridized carbons (Fsp3) is 0.417. The zero-order valence-electron chi connectivity index (χ0n) is 20.5. The summed E-state index contributed by atoms with van der Waals surface area (Å²) in [4.78, 5) is 68.0. The predicted octanol–water partition coefficient (Wildman–Crippen LogP) is -2.06. The topological polar surface area (TPSA) is 215 Å². The molecule has 1 aliphatic heterocycles. The van der Waals surface area contributed by atoms with E-state index in [1.54, 1.807) is 0 Å². The number of rotatable bonds is 13. The maximum Gasteiger partial charge on any atom is 0.326 e. The molecular weight excluding hydrogens is 498 g/mol. The van der Waals surface area contributed by atoms with Crippen LogP contribution in [0.5, 0.6) is 5.75 Å². The second-order valence-electron chi connectivity index (χ2n) is 8.81. The maximum absolute atomic E-state index is 12.8. The Bertz CT molecular complexity index is 1120. The summed E-state index contributed by atoms with van der Waals surface area (Å²) in [6, 6.07) is 3.28. The third-order valence-corrected chi connectivity index (χ3v) is 5.87. The van der Waals surface area contributed by atoms with Crippen molar-refractivity contribution in [1.82, 2.24) is 36.6 Å². The molecule has 204 valence electrons. The Hall–Kier alpha value is -4.46. The molecule has 0 spiro atoms. The lowest BCUT2D eigenvalue weighted by atomic mass is 10.1. The summed E-state index contributed by atoms with van der Waals surface area (Å²) in [6.07, 6.45) is 4.59. The molecule has 14 nitrogen and oxygen atoms in total. The van der Waals surface area contributed by atoms with Gasteiger partial charge in [0, 0.05) is 24.7 Å². The highest BCUT2D eigenvalue weighted by atomic mass is 16.4. The van der Waals surface area contributed by atoms with Crippen molar-refractivity contribution in [2.24, 2.45) is 0 Å². The van der Waals surface area contributed by atoms with Gasteiger partial charge >= 0.3 is 5.97 Å². The Kier molecular flexibility index (Phi) is 10.2. The van der Waals surface area contributed by atoms with Crippen LogP contribution in [0.2, 0.25) is 0 Å². The van der Waals surface area contributed by atoms with Gasteiger partial charge in [-0.05, 0) is 37.1 Å². The van der Waals surface area contributed by atoms with Crippen molar-refractivity contribution in [2.75, 3.05) is 19.6 Å².